The van der Waals surface area contributed by atoms with E-state index in [1.807, 2.05) is 24.3 Å². The lowest BCUT2D eigenvalue weighted by atomic mass is 10.1. The van der Waals surface area contributed by atoms with E-state index in [1.54, 1.807) is 24.2 Å². The molecule has 1 unspecified atom stereocenters. The van der Waals surface area contributed by atoms with Gasteiger partial charge in [-0.1, -0.05) is 22.0 Å². The number of halogens is 1. The van der Waals surface area contributed by atoms with Crippen LogP contribution in [0.1, 0.15) is 5.56 Å². The van der Waals surface area contributed by atoms with Gasteiger partial charge in [0.2, 0.25) is 0 Å². The van der Waals surface area contributed by atoms with E-state index in [0.717, 1.165) is 14.9 Å². The highest BCUT2D eigenvalue weighted by atomic mass is 79.9. The molecule has 0 fully saturated rings. The molecule has 0 aliphatic carbocycles. The fraction of sp³-hybridized carbons (Fsp3) is 0.214. The van der Waals surface area contributed by atoms with Crippen molar-refractivity contribution in [2.45, 2.75) is 17.4 Å². The Morgan fingerprint density at radius 1 is 1.22 bits per heavy atom. The van der Waals surface area contributed by atoms with Crippen LogP contribution < -0.4 is 0 Å². The molecule has 0 aliphatic heterocycles. The first-order chi connectivity index (χ1) is 8.74. The zero-order valence-electron chi connectivity index (χ0n) is 9.79. The van der Waals surface area contributed by atoms with Crippen LogP contribution >= 0.6 is 27.7 Å². The van der Waals surface area contributed by atoms with Crippen LogP contribution in [0.2, 0.25) is 0 Å². The van der Waals surface area contributed by atoms with Crippen molar-refractivity contribution in [3.05, 3.63) is 58.8 Å². The van der Waals surface area contributed by atoms with Crippen molar-refractivity contribution in [2.24, 2.45) is 0 Å². The third kappa shape index (κ3) is 4.44. The largest absolute Gasteiger partial charge is 0.392 e. The van der Waals surface area contributed by atoms with E-state index >= 15 is 0 Å². The average Bonchev–Trinajstić information content (AvgIpc) is 2.38. The quantitative estimate of drug-likeness (QED) is 0.854. The molecule has 0 saturated heterocycles. The van der Waals surface area contributed by atoms with Gasteiger partial charge in [0.1, 0.15) is 0 Å². The summed E-state index contributed by atoms with van der Waals surface area (Å²) >= 11 is 5.11. The summed E-state index contributed by atoms with van der Waals surface area (Å²) in [4.78, 5) is 5.13. The molecule has 1 aromatic carbocycles. The molecule has 1 N–H and O–H groups in total. The average molecular weight is 324 g/mol. The molecule has 18 heavy (non-hydrogen) atoms. The summed E-state index contributed by atoms with van der Waals surface area (Å²) in [6.45, 7) is 0. The maximum Gasteiger partial charge on any atom is 0.0674 e. The summed E-state index contributed by atoms with van der Waals surface area (Å²) in [5.41, 5.74) is 1.12. The van der Waals surface area contributed by atoms with Gasteiger partial charge in [-0.15, -0.1) is 11.8 Å². The van der Waals surface area contributed by atoms with Gasteiger partial charge in [0.15, 0.2) is 0 Å². The normalized spacial score (nSPS) is 12.3. The Balaban J connectivity index is 1.83. The number of aliphatic hydroxyl groups is 1. The fourth-order valence-corrected chi connectivity index (χ4v) is 3.04. The van der Waals surface area contributed by atoms with Crippen molar-refractivity contribution in [3.63, 3.8) is 0 Å². The number of benzene rings is 1. The van der Waals surface area contributed by atoms with E-state index in [0.29, 0.717) is 12.2 Å². The molecule has 94 valence electrons. The van der Waals surface area contributed by atoms with Crippen LogP contribution in [-0.2, 0) is 6.42 Å². The van der Waals surface area contributed by atoms with E-state index in [2.05, 4.69) is 33.0 Å². The molecule has 2 aromatic rings. The van der Waals surface area contributed by atoms with Gasteiger partial charge >= 0.3 is 0 Å². The van der Waals surface area contributed by atoms with Gasteiger partial charge in [-0.2, -0.15) is 0 Å². The second-order valence-corrected chi connectivity index (χ2v) is 5.99. The van der Waals surface area contributed by atoms with Gasteiger partial charge in [-0.25, -0.2) is 0 Å². The zero-order valence-corrected chi connectivity index (χ0v) is 12.2. The van der Waals surface area contributed by atoms with E-state index < -0.39 is 0 Å². The van der Waals surface area contributed by atoms with E-state index in [9.17, 15) is 5.11 Å². The van der Waals surface area contributed by atoms with Crippen molar-refractivity contribution >= 4 is 27.7 Å². The molecule has 4 heteroatoms. The van der Waals surface area contributed by atoms with Gasteiger partial charge in [0.25, 0.3) is 0 Å². The Hall–Kier alpha value is -0.840. The van der Waals surface area contributed by atoms with Gasteiger partial charge in [-0.05, 0) is 42.3 Å². The number of hydrogen-bond donors (Lipinski definition) is 1. The van der Waals surface area contributed by atoms with Gasteiger partial charge in [-0.3, -0.25) is 4.98 Å². The van der Waals surface area contributed by atoms with Crippen molar-refractivity contribution < 1.29 is 5.11 Å². The zero-order chi connectivity index (χ0) is 12.8. The van der Waals surface area contributed by atoms with E-state index in [1.165, 1.54) is 0 Å². The first kappa shape index (κ1) is 13.6. The van der Waals surface area contributed by atoms with Crippen LogP contribution in [0, 0.1) is 0 Å². The molecule has 0 bridgehead atoms. The Labute approximate surface area is 120 Å². The summed E-state index contributed by atoms with van der Waals surface area (Å²) in [6, 6.07) is 12.0. The lowest BCUT2D eigenvalue weighted by molar-refractivity contribution is 0.200. The van der Waals surface area contributed by atoms with Crippen LogP contribution in [0.15, 0.2) is 58.2 Å². The van der Waals surface area contributed by atoms with Gasteiger partial charge < -0.3 is 5.11 Å². The first-order valence-corrected chi connectivity index (χ1v) is 7.47. The molecule has 0 amide bonds. The molecule has 0 spiro atoms. The highest BCUT2D eigenvalue weighted by Crippen LogP contribution is 2.23. The summed E-state index contributed by atoms with van der Waals surface area (Å²) in [7, 11) is 0. The summed E-state index contributed by atoms with van der Waals surface area (Å²) in [5.74, 6) is 0.693. The molecule has 1 heterocycles. The van der Waals surface area contributed by atoms with Crippen LogP contribution in [-0.4, -0.2) is 21.9 Å². The number of aliphatic hydroxyl groups excluding tert-OH is 1. The van der Waals surface area contributed by atoms with Gasteiger partial charge in [0, 0.05) is 27.5 Å². The van der Waals surface area contributed by atoms with Gasteiger partial charge in [0.05, 0.1) is 6.10 Å². The standard InChI is InChI=1S/C14H14BrNOS/c15-12-2-1-3-14(9-12)18-10-13(17)8-11-4-6-16-7-5-11/h1-7,9,13,17H,8,10H2. The second-order valence-electron chi connectivity index (χ2n) is 3.98. The van der Waals surface area contributed by atoms with Crippen LogP contribution in [0.4, 0.5) is 0 Å². The van der Waals surface area contributed by atoms with Crippen molar-refractivity contribution in [3.8, 4) is 0 Å². The maximum atomic E-state index is 9.98. The monoisotopic (exact) mass is 323 g/mol. The first-order valence-electron chi connectivity index (χ1n) is 5.69. The maximum absolute atomic E-state index is 9.98. The fourth-order valence-electron chi connectivity index (χ4n) is 1.60. The Morgan fingerprint density at radius 2 is 2.00 bits per heavy atom. The number of nitrogens with zero attached hydrogens (tertiary/aromatic N) is 1. The molecule has 1 aromatic heterocycles. The van der Waals surface area contributed by atoms with Crippen LogP contribution in [0.25, 0.3) is 0 Å². The third-order valence-corrected chi connectivity index (χ3v) is 4.09. The Morgan fingerprint density at radius 3 is 2.72 bits per heavy atom. The van der Waals surface area contributed by atoms with E-state index in [4.69, 9.17) is 0 Å². The minimum absolute atomic E-state index is 0.337. The molecular formula is C14H14BrNOS. The molecule has 0 aliphatic rings. The lowest BCUT2D eigenvalue weighted by Crippen LogP contribution is -2.13. The lowest BCUT2D eigenvalue weighted by Gasteiger charge is -2.10. The number of hydrogen-bond acceptors (Lipinski definition) is 3. The summed E-state index contributed by atoms with van der Waals surface area (Å²) in [5, 5.41) is 9.98. The number of pyridine rings is 1. The van der Waals surface area contributed by atoms with Crippen molar-refractivity contribution in [2.75, 3.05) is 5.75 Å². The topological polar surface area (TPSA) is 33.1 Å². The minimum Gasteiger partial charge on any atom is -0.392 e. The summed E-state index contributed by atoms with van der Waals surface area (Å²) in [6.07, 6.45) is 3.84. The molecule has 0 radical (unpaired) electrons. The highest BCUT2D eigenvalue weighted by Gasteiger charge is 2.06. The number of aromatic nitrogens is 1. The SMILES string of the molecule is OC(CSc1cccc(Br)c1)Cc1ccncc1. The molecule has 0 saturated carbocycles. The van der Waals surface area contributed by atoms with Crippen LogP contribution in [0.3, 0.4) is 0 Å². The Kier molecular flexibility index (Phi) is 5.23. The predicted molar refractivity (Wildman–Crippen MR) is 78.8 cm³/mol. The van der Waals surface area contributed by atoms with Crippen molar-refractivity contribution in [1.29, 1.82) is 0 Å². The highest BCUT2D eigenvalue weighted by molar-refractivity contribution is 9.10. The summed E-state index contributed by atoms with van der Waals surface area (Å²) < 4.78 is 1.07. The molecule has 2 nitrogen and oxygen atoms in total. The van der Waals surface area contributed by atoms with E-state index in [-0.39, 0.29) is 6.10 Å². The number of rotatable bonds is 5. The minimum atomic E-state index is -0.337. The molecular weight excluding hydrogens is 310 g/mol. The predicted octanol–water partition coefficient (Wildman–Crippen LogP) is 3.54. The smallest absolute Gasteiger partial charge is 0.0674 e. The third-order valence-electron chi connectivity index (χ3n) is 2.46. The number of thioether (sulfide) groups is 1. The second kappa shape index (κ2) is 6.92. The Bertz CT molecular complexity index is 492. The van der Waals surface area contributed by atoms with Crippen molar-refractivity contribution in [1.82, 2.24) is 4.98 Å². The molecule has 2 rings (SSSR count). The molecule has 1 atom stereocenters. The van der Waals surface area contributed by atoms with Crippen LogP contribution in [0.5, 0.6) is 0 Å².